The lowest BCUT2D eigenvalue weighted by Crippen LogP contribution is -2.21. The summed E-state index contributed by atoms with van der Waals surface area (Å²) in [7, 11) is 1.27. The Morgan fingerprint density at radius 1 is 1.09 bits per heavy atom. The van der Waals surface area contributed by atoms with Crippen LogP contribution in [0, 0.1) is 0 Å². The SMILES string of the molecule is COC(=O)c1ccccc1OCC(=O)Nc1cccc(Cl)c1Cl. The zero-order valence-electron chi connectivity index (χ0n) is 12.1. The molecule has 0 aliphatic heterocycles. The largest absolute Gasteiger partial charge is 0.483 e. The van der Waals surface area contributed by atoms with Crippen molar-refractivity contribution in [2.75, 3.05) is 19.0 Å². The van der Waals surface area contributed by atoms with Gasteiger partial charge in [-0.15, -0.1) is 0 Å². The number of methoxy groups -OCH3 is 1. The minimum absolute atomic E-state index is 0.239. The monoisotopic (exact) mass is 353 g/mol. The summed E-state index contributed by atoms with van der Waals surface area (Å²) in [6.07, 6.45) is 0. The highest BCUT2D eigenvalue weighted by Gasteiger charge is 2.14. The van der Waals surface area contributed by atoms with Crippen LogP contribution < -0.4 is 10.1 Å². The van der Waals surface area contributed by atoms with Crippen molar-refractivity contribution in [2.24, 2.45) is 0 Å². The van der Waals surface area contributed by atoms with Gasteiger partial charge in [0.15, 0.2) is 6.61 Å². The Balaban J connectivity index is 2.03. The number of rotatable bonds is 5. The Labute approximate surface area is 143 Å². The minimum Gasteiger partial charge on any atom is -0.483 e. The van der Waals surface area contributed by atoms with Crippen LogP contribution in [0.15, 0.2) is 42.5 Å². The summed E-state index contributed by atoms with van der Waals surface area (Å²) < 4.78 is 10.0. The molecule has 2 aromatic rings. The minimum atomic E-state index is -0.543. The summed E-state index contributed by atoms with van der Waals surface area (Å²) >= 11 is 11.9. The molecule has 23 heavy (non-hydrogen) atoms. The van der Waals surface area contributed by atoms with Crippen molar-refractivity contribution < 1.29 is 19.1 Å². The van der Waals surface area contributed by atoms with E-state index in [9.17, 15) is 9.59 Å². The van der Waals surface area contributed by atoms with Gasteiger partial charge < -0.3 is 14.8 Å². The predicted molar refractivity (Wildman–Crippen MR) is 88.4 cm³/mol. The highest BCUT2D eigenvalue weighted by Crippen LogP contribution is 2.29. The maximum absolute atomic E-state index is 11.9. The topological polar surface area (TPSA) is 64.6 Å². The van der Waals surface area contributed by atoms with Crippen LogP contribution in [0.4, 0.5) is 5.69 Å². The Morgan fingerprint density at radius 3 is 2.57 bits per heavy atom. The van der Waals surface area contributed by atoms with Crippen molar-refractivity contribution in [1.29, 1.82) is 0 Å². The Morgan fingerprint density at radius 2 is 1.83 bits per heavy atom. The van der Waals surface area contributed by atoms with E-state index < -0.39 is 11.9 Å². The molecule has 5 nitrogen and oxygen atoms in total. The average molecular weight is 354 g/mol. The summed E-state index contributed by atoms with van der Waals surface area (Å²) in [5.41, 5.74) is 0.623. The van der Waals surface area contributed by atoms with Crippen molar-refractivity contribution in [2.45, 2.75) is 0 Å². The number of amides is 1. The summed E-state index contributed by atoms with van der Waals surface area (Å²) in [5.74, 6) is -0.723. The van der Waals surface area contributed by atoms with Gasteiger partial charge in [0.05, 0.1) is 22.8 Å². The van der Waals surface area contributed by atoms with Crippen LogP contribution in [0.2, 0.25) is 10.0 Å². The van der Waals surface area contributed by atoms with Crippen LogP contribution in [-0.2, 0) is 9.53 Å². The van der Waals surface area contributed by atoms with Crippen LogP contribution in [0.1, 0.15) is 10.4 Å². The van der Waals surface area contributed by atoms with Gasteiger partial charge in [0.1, 0.15) is 11.3 Å². The molecule has 0 aromatic heterocycles. The molecule has 0 saturated heterocycles. The van der Waals surface area contributed by atoms with Crippen molar-refractivity contribution in [1.82, 2.24) is 0 Å². The van der Waals surface area contributed by atoms with Gasteiger partial charge in [-0.05, 0) is 24.3 Å². The molecule has 0 spiro atoms. The van der Waals surface area contributed by atoms with Crippen LogP contribution in [0.3, 0.4) is 0 Å². The molecule has 120 valence electrons. The van der Waals surface area contributed by atoms with Crippen molar-refractivity contribution in [3.63, 3.8) is 0 Å². The second kappa shape index (κ2) is 7.85. The van der Waals surface area contributed by atoms with Gasteiger partial charge in [-0.2, -0.15) is 0 Å². The second-order valence-electron chi connectivity index (χ2n) is 4.43. The number of carbonyl (C=O) groups is 2. The summed E-state index contributed by atoms with van der Waals surface area (Å²) in [4.78, 5) is 23.6. The number of ether oxygens (including phenoxy) is 2. The first-order valence-corrected chi connectivity index (χ1v) is 7.32. The number of esters is 1. The molecule has 0 heterocycles. The molecular weight excluding hydrogens is 341 g/mol. The zero-order chi connectivity index (χ0) is 16.8. The molecular formula is C16H13Cl2NO4. The van der Waals surface area contributed by atoms with E-state index in [1.54, 1.807) is 42.5 Å². The third-order valence-electron chi connectivity index (χ3n) is 2.88. The summed E-state index contributed by atoms with van der Waals surface area (Å²) in [6, 6.07) is 11.4. The van der Waals surface area contributed by atoms with Crippen LogP contribution >= 0.6 is 23.2 Å². The molecule has 7 heteroatoms. The second-order valence-corrected chi connectivity index (χ2v) is 5.21. The highest BCUT2D eigenvalue weighted by molar-refractivity contribution is 6.43. The quantitative estimate of drug-likeness (QED) is 0.830. The normalized spacial score (nSPS) is 10.0. The smallest absolute Gasteiger partial charge is 0.341 e. The standard InChI is InChI=1S/C16H13Cl2NO4/c1-22-16(21)10-5-2-3-8-13(10)23-9-14(20)19-12-7-4-6-11(17)15(12)18/h2-8H,9H2,1H3,(H,19,20). The third-order valence-corrected chi connectivity index (χ3v) is 3.70. The highest BCUT2D eigenvalue weighted by atomic mass is 35.5. The van der Waals surface area contributed by atoms with Gasteiger partial charge in [0.25, 0.3) is 5.91 Å². The Kier molecular flexibility index (Phi) is 5.84. The van der Waals surface area contributed by atoms with E-state index in [1.807, 2.05) is 0 Å². The fourth-order valence-corrected chi connectivity index (χ4v) is 2.15. The van der Waals surface area contributed by atoms with Gasteiger partial charge in [-0.3, -0.25) is 4.79 Å². The summed E-state index contributed by atoms with van der Waals surface area (Å²) in [5, 5.41) is 3.17. The van der Waals surface area contributed by atoms with E-state index in [-0.39, 0.29) is 22.9 Å². The van der Waals surface area contributed by atoms with E-state index in [0.29, 0.717) is 10.7 Å². The van der Waals surface area contributed by atoms with Crippen molar-refractivity contribution >= 4 is 40.8 Å². The van der Waals surface area contributed by atoms with Crippen molar-refractivity contribution in [3.8, 4) is 5.75 Å². The maximum Gasteiger partial charge on any atom is 0.341 e. The molecule has 1 N–H and O–H groups in total. The molecule has 0 bridgehead atoms. The van der Waals surface area contributed by atoms with Gasteiger partial charge >= 0.3 is 5.97 Å². The lowest BCUT2D eigenvalue weighted by Gasteiger charge is -2.11. The van der Waals surface area contributed by atoms with Crippen LogP contribution in [-0.4, -0.2) is 25.6 Å². The molecule has 0 saturated carbocycles. The molecule has 0 unspecified atom stereocenters. The zero-order valence-corrected chi connectivity index (χ0v) is 13.6. The van der Waals surface area contributed by atoms with E-state index in [4.69, 9.17) is 27.9 Å². The fourth-order valence-electron chi connectivity index (χ4n) is 1.80. The number of hydrogen-bond acceptors (Lipinski definition) is 4. The number of nitrogens with one attached hydrogen (secondary N) is 1. The lowest BCUT2D eigenvalue weighted by molar-refractivity contribution is -0.118. The predicted octanol–water partition coefficient (Wildman–Crippen LogP) is 3.80. The average Bonchev–Trinajstić information content (AvgIpc) is 2.56. The number of hydrogen-bond donors (Lipinski definition) is 1. The summed E-state index contributed by atoms with van der Waals surface area (Å²) in [6.45, 7) is -0.295. The van der Waals surface area contributed by atoms with E-state index in [1.165, 1.54) is 7.11 Å². The van der Waals surface area contributed by atoms with Crippen LogP contribution in [0.5, 0.6) is 5.75 Å². The molecule has 2 rings (SSSR count). The van der Waals surface area contributed by atoms with E-state index in [2.05, 4.69) is 10.1 Å². The third kappa shape index (κ3) is 4.37. The molecule has 1 amide bonds. The van der Waals surface area contributed by atoms with Gasteiger partial charge in [-0.1, -0.05) is 41.4 Å². The number of para-hydroxylation sites is 1. The molecule has 2 aromatic carbocycles. The molecule has 0 aliphatic carbocycles. The number of carbonyl (C=O) groups excluding carboxylic acids is 2. The van der Waals surface area contributed by atoms with E-state index >= 15 is 0 Å². The van der Waals surface area contributed by atoms with E-state index in [0.717, 1.165) is 0 Å². The number of anilines is 1. The van der Waals surface area contributed by atoms with Gasteiger partial charge in [0, 0.05) is 0 Å². The molecule has 0 atom stereocenters. The van der Waals surface area contributed by atoms with Gasteiger partial charge in [0.2, 0.25) is 0 Å². The Bertz CT molecular complexity index is 734. The number of halogens is 2. The molecule has 0 fully saturated rings. The number of benzene rings is 2. The maximum atomic E-state index is 11.9. The van der Waals surface area contributed by atoms with Crippen LogP contribution in [0.25, 0.3) is 0 Å². The fraction of sp³-hybridized carbons (Fsp3) is 0.125. The first-order valence-electron chi connectivity index (χ1n) is 6.57. The molecule has 0 radical (unpaired) electrons. The Hall–Kier alpha value is -2.24. The van der Waals surface area contributed by atoms with Gasteiger partial charge in [-0.25, -0.2) is 4.79 Å². The lowest BCUT2D eigenvalue weighted by atomic mass is 10.2. The first-order chi connectivity index (χ1) is 11.0. The van der Waals surface area contributed by atoms with Crippen molar-refractivity contribution in [3.05, 3.63) is 58.1 Å². The first kappa shape index (κ1) is 17.1. The molecule has 0 aliphatic rings.